The van der Waals surface area contributed by atoms with Crippen molar-refractivity contribution < 1.29 is 9.59 Å². The summed E-state index contributed by atoms with van der Waals surface area (Å²) >= 11 is 0. The van der Waals surface area contributed by atoms with E-state index in [2.05, 4.69) is 16.9 Å². The van der Waals surface area contributed by atoms with Crippen molar-refractivity contribution in [1.29, 1.82) is 0 Å². The Bertz CT molecular complexity index is 799. The molecule has 1 N–H and O–H groups in total. The monoisotopic (exact) mass is 335 g/mol. The van der Waals surface area contributed by atoms with Gasteiger partial charge in [-0.1, -0.05) is 36.9 Å². The van der Waals surface area contributed by atoms with Gasteiger partial charge in [-0.25, -0.2) is 0 Å². The molecule has 5 nitrogen and oxygen atoms in total. The van der Waals surface area contributed by atoms with Crippen LogP contribution in [0.4, 0.5) is 0 Å². The van der Waals surface area contributed by atoms with Crippen molar-refractivity contribution >= 4 is 11.8 Å². The van der Waals surface area contributed by atoms with Crippen LogP contribution in [0.25, 0.3) is 0 Å². The minimum atomic E-state index is -0.529. The summed E-state index contributed by atoms with van der Waals surface area (Å²) in [6.45, 7) is 6.28. The molecule has 25 heavy (non-hydrogen) atoms. The molecule has 0 radical (unpaired) electrons. The van der Waals surface area contributed by atoms with E-state index in [9.17, 15) is 9.59 Å². The normalized spacial score (nSPS) is 16.0. The van der Waals surface area contributed by atoms with Crippen LogP contribution in [0.1, 0.15) is 22.4 Å². The van der Waals surface area contributed by atoms with E-state index in [1.165, 1.54) is 6.08 Å². The average molecular weight is 335 g/mol. The third-order valence-corrected chi connectivity index (χ3v) is 4.45. The number of hydrogen-bond acceptors (Lipinski definition) is 3. The lowest BCUT2D eigenvalue weighted by Gasteiger charge is -2.35. The Kier molecular flexibility index (Phi) is 4.93. The second kappa shape index (κ2) is 7.30. The maximum Gasteiger partial charge on any atom is 0.246 e. The minimum absolute atomic E-state index is 0.162. The summed E-state index contributed by atoms with van der Waals surface area (Å²) in [6.07, 6.45) is 3.52. The molecular formula is C20H21N3O2. The number of nitrogens with one attached hydrogen (secondary N) is 1. The van der Waals surface area contributed by atoms with E-state index in [0.29, 0.717) is 19.5 Å². The van der Waals surface area contributed by atoms with Gasteiger partial charge in [-0.05, 0) is 35.8 Å². The molecule has 128 valence electrons. The standard InChI is InChI=1S/C20H21N3O2/c1-3-19(24)23-13-17-7-5-4-6-16(17)10-18(23)20(25)22-12-15-9-8-14(2)21-11-15/h3-9,11,18H,1,10,12-13H2,2H3,(H,22,25)/t18-/m0/s1. The maximum absolute atomic E-state index is 12.7. The molecule has 0 unspecified atom stereocenters. The fraction of sp³-hybridized carbons (Fsp3) is 0.250. The van der Waals surface area contributed by atoms with Gasteiger partial charge in [0.15, 0.2) is 0 Å². The second-order valence-electron chi connectivity index (χ2n) is 6.18. The van der Waals surface area contributed by atoms with Gasteiger partial charge in [0, 0.05) is 31.4 Å². The average Bonchev–Trinajstić information content (AvgIpc) is 2.65. The molecule has 0 saturated carbocycles. The van der Waals surface area contributed by atoms with Crippen molar-refractivity contribution in [3.05, 3.63) is 77.6 Å². The summed E-state index contributed by atoms with van der Waals surface area (Å²) in [7, 11) is 0. The van der Waals surface area contributed by atoms with E-state index < -0.39 is 6.04 Å². The highest BCUT2D eigenvalue weighted by Gasteiger charge is 2.33. The minimum Gasteiger partial charge on any atom is -0.350 e. The summed E-state index contributed by atoms with van der Waals surface area (Å²) < 4.78 is 0. The van der Waals surface area contributed by atoms with Crippen molar-refractivity contribution in [3.63, 3.8) is 0 Å². The van der Waals surface area contributed by atoms with Gasteiger partial charge in [0.1, 0.15) is 6.04 Å². The Morgan fingerprint density at radius 1 is 1.28 bits per heavy atom. The molecule has 3 rings (SSSR count). The molecule has 0 bridgehead atoms. The first-order valence-electron chi connectivity index (χ1n) is 8.27. The number of amides is 2. The van der Waals surface area contributed by atoms with Crippen LogP contribution in [0.2, 0.25) is 0 Å². The molecule has 1 aromatic carbocycles. The van der Waals surface area contributed by atoms with Crippen molar-refractivity contribution in [1.82, 2.24) is 15.2 Å². The number of benzene rings is 1. The van der Waals surface area contributed by atoms with Gasteiger partial charge in [0.05, 0.1) is 0 Å². The molecule has 1 aromatic heterocycles. The van der Waals surface area contributed by atoms with Crippen LogP contribution in [0, 0.1) is 6.92 Å². The first-order chi connectivity index (χ1) is 12.1. The van der Waals surface area contributed by atoms with Crippen LogP contribution in [-0.4, -0.2) is 27.7 Å². The van der Waals surface area contributed by atoms with Gasteiger partial charge in [-0.2, -0.15) is 0 Å². The second-order valence-corrected chi connectivity index (χ2v) is 6.18. The predicted octanol–water partition coefficient (Wildman–Crippen LogP) is 2.15. The number of fused-ring (bicyclic) bond motifs is 1. The zero-order valence-electron chi connectivity index (χ0n) is 14.2. The SMILES string of the molecule is C=CC(=O)N1Cc2ccccc2C[C@H]1C(=O)NCc1ccc(C)nc1. The number of aryl methyl sites for hydroxylation is 1. The van der Waals surface area contributed by atoms with Gasteiger partial charge in [0.25, 0.3) is 0 Å². The van der Waals surface area contributed by atoms with Gasteiger partial charge in [-0.3, -0.25) is 14.6 Å². The Labute approximate surface area is 147 Å². The summed E-state index contributed by atoms with van der Waals surface area (Å²) in [5.74, 6) is -0.392. The molecule has 0 spiro atoms. The van der Waals surface area contributed by atoms with E-state index in [4.69, 9.17) is 0 Å². The number of pyridine rings is 1. The summed E-state index contributed by atoms with van der Waals surface area (Å²) in [5, 5.41) is 2.92. The van der Waals surface area contributed by atoms with Gasteiger partial charge in [0.2, 0.25) is 11.8 Å². The van der Waals surface area contributed by atoms with Crippen molar-refractivity contribution in [2.75, 3.05) is 0 Å². The molecule has 0 saturated heterocycles. The lowest BCUT2D eigenvalue weighted by Crippen LogP contribution is -2.52. The zero-order valence-corrected chi connectivity index (χ0v) is 14.2. The summed E-state index contributed by atoms with van der Waals surface area (Å²) in [6, 6.07) is 11.2. The Morgan fingerprint density at radius 3 is 2.72 bits per heavy atom. The van der Waals surface area contributed by atoms with Crippen LogP contribution >= 0.6 is 0 Å². The lowest BCUT2D eigenvalue weighted by molar-refractivity contribution is -0.138. The number of carbonyl (C=O) groups is 2. The summed E-state index contributed by atoms with van der Waals surface area (Å²) in [5.41, 5.74) is 4.04. The zero-order chi connectivity index (χ0) is 17.8. The Balaban J connectivity index is 1.75. The van der Waals surface area contributed by atoms with E-state index in [1.54, 1.807) is 11.1 Å². The molecule has 2 heterocycles. The smallest absolute Gasteiger partial charge is 0.246 e. The molecule has 2 amide bonds. The number of nitrogens with zero attached hydrogens (tertiary/aromatic N) is 2. The van der Waals surface area contributed by atoms with Crippen LogP contribution in [0.5, 0.6) is 0 Å². The molecule has 2 aromatic rings. The van der Waals surface area contributed by atoms with E-state index in [-0.39, 0.29) is 11.8 Å². The van der Waals surface area contributed by atoms with E-state index in [1.807, 2.05) is 43.3 Å². The largest absolute Gasteiger partial charge is 0.350 e. The third kappa shape index (κ3) is 3.76. The van der Waals surface area contributed by atoms with Gasteiger partial charge in [-0.15, -0.1) is 0 Å². The number of carbonyl (C=O) groups excluding carboxylic acids is 2. The highest BCUT2D eigenvalue weighted by molar-refractivity contribution is 5.93. The first-order valence-corrected chi connectivity index (χ1v) is 8.27. The predicted molar refractivity (Wildman–Crippen MR) is 95.5 cm³/mol. The molecular weight excluding hydrogens is 314 g/mol. The fourth-order valence-electron chi connectivity index (χ4n) is 3.02. The van der Waals surface area contributed by atoms with Gasteiger partial charge >= 0.3 is 0 Å². The van der Waals surface area contributed by atoms with Crippen molar-refractivity contribution in [3.8, 4) is 0 Å². The number of rotatable bonds is 4. The van der Waals surface area contributed by atoms with Crippen LogP contribution < -0.4 is 5.32 Å². The molecule has 1 aliphatic rings. The molecule has 1 atom stereocenters. The molecule has 0 fully saturated rings. The number of aromatic nitrogens is 1. The number of hydrogen-bond donors (Lipinski definition) is 1. The molecule has 0 aliphatic carbocycles. The fourth-order valence-corrected chi connectivity index (χ4v) is 3.02. The maximum atomic E-state index is 12.7. The van der Waals surface area contributed by atoms with Gasteiger partial charge < -0.3 is 10.2 Å². The Morgan fingerprint density at radius 2 is 2.04 bits per heavy atom. The van der Waals surface area contributed by atoms with E-state index >= 15 is 0 Å². The topological polar surface area (TPSA) is 62.3 Å². The Hall–Kier alpha value is -2.95. The first kappa shape index (κ1) is 16.9. The quantitative estimate of drug-likeness (QED) is 0.871. The summed E-state index contributed by atoms with van der Waals surface area (Å²) in [4.78, 5) is 30.7. The third-order valence-electron chi connectivity index (χ3n) is 4.45. The molecule has 5 heteroatoms. The molecule has 1 aliphatic heterocycles. The van der Waals surface area contributed by atoms with Crippen molar-refractivity contribution in [2.24, 2.45) is 0 Å². The lowest BCUT2D eigenvalue weighted by atomic mass is 9.93. The van der Waals surface area contributed by atoms with Crippen LogP contribution in [-0.2, 0) is 29.1 Å². The van der Waals surface area contributed by atoms with Crippen LogP contribution in [0.3, 0.4) is 0 Å². The van der Waals surface area contributed by atoms with E-state index in [0.717, 1.165) is 22.4 Å². The highest BCUT2D eigenvalue weighted by Crippen LogP contribution is 2.23. The highest BCUT2D eigenvalue weighted by atomic mass is 16.2. The van der Waals surface area contributed by atoms with Crippen LogP contribution in [0.15, 0.2) is 55.3 Å². The van der Waals surface area contributed by atoms with Crippen molar-refractivity contribution in [2.45, 2.75) is 32.5 Å².